The van der Waals surface area contributed by atoms with Crippen molar-refractivity contribution in [2.24, 2.45) is 0 Å². The second-order valence-electron chi connectivity index (χ2n) is 3.72. The fourth-order valence-electron chi connectivity index (χ4n) is 1.71. The number of aromatic amines is 1. The number of aliphatic hydroxyl groups is 2. The third-order valence-electron chi connectivity index (χ3n) is 2.61. The van der Waals surface area contributed by atoms with Crippen molar-refractivity contribution >= 4 is 0 Å². The first-order chi connectivity index (χ1) is 8.04. The maximum atomic E-state index is 12.4. The highest BCUT2D eigenvalue weighted by Gasteiger charge is 2.43. The van der Waals surface area contributed by atoms with E-state index in [1.165, 1.54) is 0 Å². The largest absolute Gasteiger partial charge is 0.387 e. The molecule has 0 bridgehead atoms. The van der Waals surface area contributed by atoms with Crippen LogP contribution in [-0.2, 0) is 4.74 Å². The van der Waals surface area contributed by atoms with Crippen LogP contribution in [-0.4, -0.2) is 44.8 Å². The number of halogens is 1. The molecule has 8 heteroatoms. The van der Waals surface area contributed by atoms with Gasteiger partial charge in [-0.1, -0.05) is 0 Å². The number of hydrogen-bond acceptors (Lipinski definition) is 5. The van der Waals surface area contributed by atoms with Gasteiger partial charge < -0.3 is 14.9 Å². The van der Waals surface area contributed by atoms with Gasteiger partial charge in [-0.2, -0.15) is 0 Å². The van der Waals surface area contributed by atoms with Gasteiger partial charge >= 0.3 is 5.69 Å². The lowest BCUT2D eigenvalue weighted by molar-refractivity contribution is -0.0454. The first kappa shape index (κ1) is 12.0. The van der Waals surface area contributed by atoms with Crippen molar-refractivity contribution in [2.45, 2.75) is 24.5 Å². The zero-order valence-electron chi connectivity index (χ0n) is 8.62. The van der Waals surface area contributed by atoms with E-state index in [4.69, 9.17) is 4.74 Å². The summed E-state index contributed by atoms with van der Waals surface area (Å²) in [5, 5.41) is 19.0. The summed E-state index contributed by atoms with van der Waals surface area (Å²) >= 11 is 0. The van der Waals surface area contributed by atoms with Gasteiger partial charge in [0.15, 0.2) is 6.23 Å². The number of alkyl halides is 1. The van der Waals surface area contributed by atoms with Crippen LogP contribution in [0.2, 0.25) is 0 Å². The van der Waals surface area contributed by atoms with Gasteiger partial charge in [-0.15, -0.1) is 0 Å². The first-order valence-electron chi connectivity index (χ1n) is 4.93. The number of nitrogens with zero attached hydrogens (tertiary/aromatic N) is 1. The second kappa shape index (κ2) is 4.40. The van der Waals surface area contributed by atoms with Crippen LogP contribution in [0.25, 0.3) is 0 Å². The SMILES string of the molecule is O=c1ccn([C@@H]2O[C@H](CF)[C@H](O)[C@H]2O)c(=O)[nH]1. The first-order valence-corrected chi connectivity index (χ1v) is 4.93. The number of aliphatic hydroxyl groups excluding tert-OH is 2. The van der Waals surface area contributed by atoms with Crippen LogP contribution in [0.1, 0.15) is 6.23 Å². The molecule has 94 valence electrons. The Labute approximate surface area is 94.1 Å². The number of rotatable bonds is 2. The van der Waals surface area contributed by atoms with E-state index in [2.05, 4.69) is 0 Å². The van der Waals surface area contributed by atoms with Crippen LogP contribution in [0.5, 0.6) is 0 Å². The van der Waals surface area contributed by atoms with Crippen molar-refractivity contribution in [2.75, 3.05) is 6.67 Å². The van der Waals surface area contributed by atoms with Gasteiger partial charge in [0.05, 0.1) is 0 Å². The molecule has 1 fully saturated rings. The van der Waals surface area contributed by atoms with Crippen LogP contribution in [0.15, 0.2) is 21.9 Å². The Hall–Kier alpha value is -1.51. The zero-order chi connectivity index (χ0) is 12.6. The molecule has 3 N–H and O–H groups in total. The minimum absolute atomic E-state index is 0.596. The van der Waals surface area contributed by atoms with E-state index in [1.54, 1.807) is 0 Å². The number of hydrogen-bond donors (Lipinski definition) is 3. The summed E-state index contributed by atoms with van der Waals surface area (Å²) in [5.74, 6) is 0. The molecule has 0 radical (unpaired) electrons. The van der Waals surface area contributed by atoms with Crippen LogP contribution < -0.4 is 11.2 Å². The highest BCUT2D eigenvalue weighted by molar-refractivity contribution is 4.92. The van der Waals surface area contributed by atoms with Crippen molar-refractivity contribution in [3.8, 4) is 0 Å². The zero-order valence-corrected chi connectivity index (χ0v) is 8.62. The van der Waals surface area contributed by atoms with Gasteiger partial charge in [-0.3, -0.25) is 14.3 Å². The molecule has 7 nitrogen and oxygen atoms in total. The van der Waals surface area contributed by atoms with E-state index >= 15 is 0 Å². The van der Waals surface area contributed by atoms with Crippen molar-refractivity contribution in [3.63, 3.8) is 0 Å². The monoisotopic (exact) mass is 246 g/mol. The fraction of sp³-hybridized carbons (Fsp3) is 0.556. The topological polar surface area (TPSA) is 105 Å². The van der Waals surface area contributed by atoms with Crippen LogP contribution in [0.4, 0.5) is 4.39 Å². The Kier molecular flexibility index (Phi) is 3.09. The van der Waals surface area contributed by atoms with E-state index in [0.29, 0.717) is 0 Å². The van der Waals surface area contributed by atoms with E-state index in [9.17, 15) is 24.2 Å². The lowest BCUT2D eigenvalue weighted by Gasteiger charge is -2.16. The van der Waals surface area contributed by atoms with Gasteiger partial charge in [0, 0.05) is 12.3 Å². The molecule has 0 saturated carbocycles. The van der Waals surface area contributed by atoms with Crippen LogP contribution in [0, 0.1) is 0 Å². The quantitative estimate of drug-likeness (QED) is 0.567. The van der Waals surface area contributed by atoms with Gasteiger partial charge in [-0.05, 0) is 0 Å². The molecule has 2 rings (SSSR count). The number of ether oxygens (including phenoxy) is 1. The highest BCUT2D eigenvalue weighted by Crippen LogP contribution is 2.28. The smallest absolute Gasteiger partial charge is 0.330 e. The van der Waals surface area contributed by atoms with Gasteiger partial charge in [0.2, 0.25) is 0 Å². The number of aromatic nitrogens is 2. The normalized spacial score (nSPS) is 32.9. The predicted molar refractivity (Wildman–Crippen MR) is 53.2 cm³/mol. The van der Waals surface area contributed by atoms with Gasteiger partial charge in [-0.25, -0.2) is 9.18 Å². The number of H-pyrrole nitrogens is 1. The Morgan fingerprint density at radius 2 is 2.12 bits per heavy atom. The molecule has 17 heavy (non-hydrogen) atoms. The summed E-state index contributed by atoms with van der Waals surface area (Å²) in [6.45, 7) is -0.979. The van der Waals surface area contributed by atoms with Crippen molar-refractivity contribution < 1.29 is 19.3 Å². The summed E-state index contributed by atoms with van der Waals surface area (Å²) in [4.78, 5) is 24.2. The summed E-state index contributed by atoms with van der Waals surface area (Å²) in [7, 11) is 0. The lowest BCUT2D eigenvalue weighted by atomic mass is 10.1. The molecule has 0 unspecified atom stereocenters. The molecule has 1 aromatic heterocycles. The Morgan fingerprint density at radius 1 is 1.41 bits per heavy atom. The molecule has 0 amide bonds. The maximum absolute atomic E-state index is 12.4. The molecule has 1 aliphatic heterocycles. The van der Waals surface area contributed by atoms with Crippen LogP contribution in [0.3, 0.4) is 0 Å². The lowest BCUT2D eigenvalue weighted by Crippen LogP contribution is -2.37. The average Bonchev–Trinajstić information content (AvgIpc) is 2.57. The van der Waals surface area contributed by atoms with E-state index < -0.39 is 42.5 Å². The van der Waals surface area contributed by atoms with E-state index in [-0.39, 0.29) is 0 Å². The number of nitrogens with one attached hydrogen (secondary N) is 1. The Morgan fingerprint density at radius 3 is 2.65 bits per heavy atom. The van der Waals surface area contributed by atoms with Gasteiger partial charge in [0.1, 0.15) is 25.0 Å². The molecule has 1 saturated heterocycles. The summed E-state index contributed by atoms with van der Waals surface area (Å²) in [6, 6.07) is 1.06. The molecule has 0 aromatic carbocycles. The Balaban J connectivity index is 2.35. The second-order valence-corrected chi connectivity index (χ2v) is 3.72. The summed E-state index contributed by atoms with van der Waals surface area (Å²) < 4.78 is 18.3. The van der Waals surface area contributed by atoms with Crippen molar-refractivity contribution in [3.05, 3.63) is 33.1 Å². The molecule has 4 atom stereocenters. The molecule has 1 aliphatic rings. The van der Waals surface area contributed by atoms with E-state index in [0.717, 1.165) is 16.8 Å². The molecule has 0 spiro atoms. The summed E-state index contributed by atoms with van der Waals surface area (Å²) in [6.07, 6.45) is -4.13. The van der Waals surface area contributed by atoms with E-state index in [1.807, 2.05) is 4.98 Å². The summed E-state index contributed by atoms with van der Waals surface area (Å²) in [5.41, 5.74) is -1.39. The average molecular weight is 246 g/mol. The maximum Gasteiger partial charge on any atom is 0.330 e. The minimum Gasteiger partial charge on any atom is -0.387 e. The molecule has 1 aromatic rings. The fourth-order valence-corrected chi connectivity index (χ4v) is 1.71. The van der Waals surface area contributed by atoms with Gasteiger partial charge in [0.25, 0.3) is 5.56 Å². The molecular weight excluding hydrogens is 235 g/mol. The van der Waals surface area contributed by atoms with Crippen molar-refractivity contribution in [1.82, 2.24) is 9.55 Å². The molecular formula is C9H11FN2O5. The highest BCUT2D eigenvalue weighted by atomic mass is 19.1. The van der Waals surface area contributed by atoms with Crippen LogP contribution >= 0.6 is 0 Å². The predicted octanol–water partition coefficient (Wildman–Crippen LogP) is -1.87. The third-order valence-corrected chi connectivity index (χ3v) is 2.61. The standard InChI is InChI=1S/C9H11FN2O5/c10-3-4-6(14)7(15)8(17-4)12-2-1-5(13)11-9(12)16/h1-2,4,6-8,14-15H,3H2,(H,11,13,16)/t4-,6+,7-,8-/m1/s1. The minimum atomic E-state index is -1.43. The Bertz CT molecular complexity index is 513. The molecule has 0 aliphatic carbocycles. The molecule has 2 heterocycles. The third kappa shape index (κ3) is 2.02. The van der Waals surface area contributed by atoms with Crippen molar-refractivity contribution in [1.29, 1.82) is 0 Å².